The predicted octanol–water partition coefficient (Wildman–Crippen LogP) is 5.15. The molecule has 2 aromatic heterocycles. The van der Waals surface area contributed by atoms with Crippen LogP contribution in [0.15, 0.2) is 41.8 Å². The Morgan fingerprint density at radius 3 is 2.83 bits per heavy atom. The summed E-state index contributed by atoms with van der Waals surface area (Å²) in [6.45, 7) is 8.45. The van der Waals surface area contributed by atoms with Crippen molar-refractivity contribution in [2.45, 2.75) is 46.3 Å². The Morgan fingerprint density at radius 2 is 2.13 bits per heavy atom. The van der Waals surface area contributed by atoms with E-state index in [1.165, 1.54) is 0 Å². The van der Waals surface area contributed by atoms with Gasteiger partial charge in [0.2, 0.25) is 0 Å². The van der Waals surface area contributed by atoms with Gasteiger partial charge in [0.05, 0.1) is 23.1 Å². The van der Waals surface area contributed by atoms with Crippen molar-refractivity contribution in [1.29, 1.82) is 0 Å². The van der Waals surface area contributed by atoms with Gasteiger partial charge in [0.1, 0.15) is 5.01 Å². The molecule has 1 aliphatic heterocycles. The molecule has 5 nitrogen and oxygen atoms in total. The summed E-state index contributed by atoms with van der Waals surface area (Å²) in [7, 11) is 0. The molecule has 1 unspecified atom stereocenters. The van der Waals surface area contributed by atoms with Gasteiger partial charge in [-0.05, 0) is 31.7 Å². The molecule has 0 bridgehead atoms. The number of thiazole rings is 1. The van der Waals surface area contributed by atoms with Crippen LogP contribution in [0.1, 0.15) is 42.7 Å². The van der Waals surface area contributed by atoms with Crippen molar-refractivity contribution in [1.82, 2.24) is 14.9 Å². The van der Waals surface area contributed by atoms with Gasteiger partial charge in [-0.1, -0.05) is 44.2 Å². The Morgan fingerprint density at radius 1 is 1.33 bits per heavy atom. The fraction of sp³-hybridized carbons (Fsp3) is 0.417. The minimum Gasteiger partial charge on any atom is -0.376 e. The maximum atomic E-state index is 12.9. The quantitative estimate of drug-likeness (QED) is 0.572. The zero-order valence-electron chi connectivity index (χ0n) is 17.9. The highest BCUT2D eigenvalue weighted by Crippen LogP contribution is 2.32. The molecule has 3 heterocycles. The topological polar surface area (TPSA) is 56.2 Å². The van der Waals surface area contributed by atoms with Gasteiger partial charge in [-0.15, -0.1) is 11.3 Å². The van der Waals surface area contributed by atoms with Crippen LogP contribution >= 0.6 is 11.3 Å². The third-order valence-corrected chi connectivity index (χ3v) is 6.37. The fourth-order valence-electron chi connectivity index (χ4n) is 3.81. The van der Waals surface area contributed by atoms with E-state index in [0.29, 0.717) is 12.5 Å². The Kier molecular flexibility index (Phi) is 6.35. The molecule has 0 spiro atoms. The highest BCUT2D eigenvalue weighted by molar-refractivity contribution is 7.13. The Balaban J connectivity index is 1.69. The maximum Gasteiger partial charge on any atom is 0.253 e. The van der Waals surface area contributed by atoms with E-state index in [0.717, 1.165) is 59.2 Å². The summed E-state index contributed by atoms with van der Waals surface area (Å²) < 4.78 is 8.10. The largest absolute Gasteiger partial charge is 0.376 e. The van der Waals surface area contributed by atoms with Crippen LogP contribution < -0.4 is 5.32 Å². The lowest BCUT2D eigenvalue weighted by Crippen LogP contribution is -2.27. The highest BCUT2D eigenvalue weighted by Gasteiger charge is 2.24. The van der Waals surface area contributed by atoms with Crippen molar-refractivity contribution < 1.29 is 9.53 Å². The molecule has 1 amide bonds. The van der Waals surface area contributed by atoms with E-state index in [1.54, 1.807) is 11.3 Å². The van der Waals surface area contributed by atoms with Gasteiger partial charge in [-0.2, -0.15) is 0 Å². The third-order valence-electron chi connectivity index (χ3n) is 5.48. The lowest BCUT2D eigenvalue weighted by atomic mass is 10.2. The van der Waals surface area contributed by atoms with E-state index >= 15 is 0 Å². The molecule has 6 heteroatoms. The number of aromatic nitrogens is 2. The molecular weight excluding hydrogens is 394 g/mol. The Hall–Kier alpha value is -2.44. The first-order chi connectivity index (χ1) is 14.5. The monoisotopic (exact) mass is 423 g/mol. The molecule has 1 atom stereocenters. The summed E-state index contributed by atoms with van der Waals surface area (Å²) in [4.78, 5) is 17.8. The first kappa shape index (κ1) is 20.8. The molecule has 1 N–H and O–H groups in total. The first-order valence-electron chi connectivity index (χ1n) is 10.6. The molecule has 1 aliphatic rings. The average Bonchev–Trinajstić information content (AvgIpc) is 3.49. The zero-order chi connectivity index (χ0) is 21.1. The zero-order valence-corrected chi connectivity index (χ0v) is 18.7. The van der Waals surface area contributed by atoms with Crippen LogP contribution in [0.3, 0.4) is 0 Å². The van der Waals surface area contributed by atoms with Gasteiger partial charge in [-0.25, -0.2) is 4.98 Å². The smallest absolute Gasteiger partial charge is 0.253 e. The third kappa shape index (κ3) is 4.50. The van der Waals surface area contributed by atoms with E-state index < -0.39 is 0 Å². The number of hydrogen-bond acceptors (Lipinski definition) is 4. The second kappa shape index (κ2) is 9.14. The summed E-state index contributed by atoms with van der Waals surface area (Å²) in [6, 6.07) is 12.2. The van der Waals surface area contributed by atoms with E-state index in [1.807, 2.05) is 31.2 Å². The van der Waals surface area contributed by atoms with E-state index in [2.05, 4.69) is 41.2 Å². The van der Waals surface area contributed by atoms with Gasteiger partial charge in [0, 0.05) is 36.3 Å². The molecule has 1 saturated heterocycles. The minimum absolute atomic E-state index is 0.0212. The average molecular weight is 424 g/mol. The number of carbonyl (C=O) groups excluding carboxylic acids is 1. The van der Waals surface area contributed by atoms with Gasteiger partial charge in [0.15, 0.2) is 0 Å². The van der Waals surface area contributed by atoms with E-state index in [4.69, 9.17) is 9.72 Å². The second-order valence-electron chi connectivity index (χ2n) is 8.28. The van der Waals surface area contributed by atoms with Crippen LogP contribution in [-0.4, -0.2) is 34.7 Å². The first-order valence-corrected chi connectivity index (χ1v) is 11.5. The molecule has 4 rings (SSSR count). The normalized spacial score (nSPS) is 16.3. The van der Waals surface area contributed by atoms with Crippen molar-refractivity contribution in [3.8, 4) is 22.0 Å². The molecule has 0 aliphatic carbocycles. The standard InChI is InChI=1S/C24H29N3O2S/c1-16(2)13-25-23(28)20-12-22(27(17(20)3)14-19-10-7-11-29-19)21-15-30-24(26-21)18-8-5-4-6-9-18/h4-6,8-9,12,15-16,19H,7,10-11,13-14H2,1-3H3,(H,25,28). The second-order valence-corrected chi connectivity index (χ2v) is 9.14. The van der Waals surface area contributed by atoms with Crippen molar-refractivity contribution >= 4 is 17.2 Å². The number of hydrogen-bond donors (Lipinski definition) is 1. The van der Waals surface area contributed by atoms with E-state index in [-0.39, 0.29) is 12.0 Å². The van der Waals surface area contributed by atoms with Crippen molar-refractivity contribution in [2.75, 3.05) is 13.2 Å². The minimum atomic E-state index is -0.0212. The van der Waals surface area contributed by atoms with Gasteiger partial charge < -0.3 is 14.6 Å². The molecular formula is C24H29N3O2S. The van der Waals surface area contributed by atoms with Crippen LogP contribution in [0.2, 0.25) is 0 Å². The lowest BCUT2D eigenvalue weighted by molar-refractivity contribution is 0.0938. The van der Waals surface area contributed by atoms with Crippen LogP contribution in [-0.2, 0) is 11.3 Å². The molecule has 1 fully saturated rings. The summed E-state index contributed by atoms with van der Waals surface area (Å²) in [6.07, 6.45) is 2.34. The number of amides is 1. The summed E-state index contributed by atoms with van der Waals surface area (Å²) in [5, 5.41) is 6.12. The number of carbonyl (C=O) groups is 1. The van der Waals surface area contributed by atoms with Crippen LogP contribution in [0.5, 0.6) is 0 Å². The van der Waals surface area contributed by atoms with E-state index in [9.17, 15) is 4.79 Å². The molecule has 158 valence electrons. The maximum absolute atomic E-state index is 12.9. The Bertz CT molecular complexity index is 1000. The van der Waals surface area contributed by atoms with Crippen LogP contribution in [0, 0.1) is 12.8 Å². The number of benzene rings is 1. The number of nitrogens with zero attached hydrogens (tertiary/aromatic N) is 2. The van der Waals surface area contributed by atoms with Gasteiger partial charge >= 0.3 is 0 Å². The molecule has 0 saturated carbocycles. The lowest BCUT2D eigenvalue weighted by Gasteiger charge is -2.15. The van der Waals surface area contributed by atoms with Crippen molar-refractivity contribution in [3.05, 3.63) is 53.0 Å². The molecule has 3 aromatic rings. The molecule has 30 heavy (non-hydrogen) atoms. The van der Waals surface area contributed by atoms with Crippen LogP contribution in [0.4, 0.5) is 0 Å². The van der Waals surface area contributed by atoms with Gasteiger partial charge in [0.25, 0.3) is 5.91 Å². The molecule has 0 radical (unpaired) electrons. The van der Waals surface area contributed by atoms with Crippen molar-refractivity contribution in [2.24, 2.45) is 5.92 Å². The fourth-order valence-corrected chi connectivity index (χ4v) is 4.63. The predicted molar refractivity (Wildman–Crippen MR) is 122 cm³/mol. The number of rotatable bonds is 7. The van der Waals surface area contributed by atoms with Crippen LogP contribution in [0.25, 0.3) is 22.0 Å². The summed E-state index contributed by atoms with van der Waals surface area (Å²) in [5.41, 5.74) is 4.69. The SMILES string of the molecule is Cc1c(C(=O)NCC(C)C)cc(-c2csc(-c3ccccc3)n2)n1CC1CCCO1. The van der Waals surface area contributed by atoms with Crippen molar-refractivity contribution in [3.63, 3.8) is 0 Å². The Labute approximate surface area is 182 Å². The summed E-state index contributed by atoms with van der Waals surface area (Å²) >= 11 is 1.63. The molecule has 1 aromatic carbocycles. The summed E-state index contributed by atoms with van der Waals surface area (Å²) in [5.74, 6) is 0.390. The highest BCUT2D eigenvalue weighted by atomic mass is 32.1. The number of ether oxygens (including phenoxy) is 1. The van der Waals surface area contributed by atoms with Gasteiger partial charge in [-0.3, -0.25) is 4.79 Å². The number of nitrogens with one attached hydrogen (secondary N) is 1.